The second-order valence-electron chi connectivity index (χ2n) is 6.86. The maximum absolute atomic E-state index is 13.4. The molecule has 2 aromatic carbocycles. The average molecular weight is 528 g/mol. The van der Waals surface area contributed by atoms with E-state index in [-0.39, 0.29) is 42.3 Å². The SMILES string of the molecule is CCNC(=NCc1cccc(OCC(=O)N(C)C)c1)NCc1ccc(F)c(C)c1.I. The Morgan fingerprint density at radius 1 is 1.13 bits per heavy atom. The first-order valence-electron chi connectivity index (χ1n) is 9.58. The van der Waals surface area contributed by atoms with Gasteiger partial charge in [-0.15, -0.1) is 24.0 Å². The van der Waals surface area contributed by atoms with Crippen molar-refractivity contribution in [3.8, 4) is 5.75 Å². The number of nitrogens with zero attached hydrogens (tertiary/aromatic N) is 2. The lowest BCUT2D eigenvalue weighted by Gasteiger charge is -2.13. The van der Waals surface area contributed by atoms with Crippen LogP contribution in [-0.4, -0.2) is 44.0 Å². The van der Waals surface area contributed by atoms with Gasteiger partial charge in [-0.05, 0) is 48.7 Å². The zero-order valence-electron chi connectivity index (χ0n) is 17.9. The minimum Gasteiger partial charge on any atom is -0.484 e. The number of guanidine groups is 1. The van der Waals surface area contributed by atoms with Crippen LogP contribution < -0.4 is 15.4 Å². The van der Waals surface area contributed by atoms with E-state index in [1.807, 2.05) is 37.3 Å². The zero-order valence-corrected chi connectivity index (χ0v) is 20.2. The van der Waals surface area contributed by atoms with Crippen LogP contribution in [-0.2, 0) is 17.9 Å². The fraction of sp³-hybridized carbons (Fsp3) is 0.364. The highest BCUT2D eigenvalue weighted by Gasteiger charge is 2.06. The summed E-state index contributed by atoms with van der Waals surface area (Å²) in [4.78, 5) is 17.7. The van der Waals surface area contributed by atoms with Crippen LogP contribution >= 0.6 is 24.0 Å². The molecule has 0 atom stereocenters. The van der Waals surface area contributed by atoms with Gasteiger partial charge in [-0.3, -0.25) is 4.79 Å². The van der Waals surface area contributed by atoms with Crippen molar-refractivity contribution in [3.05, 3.63) is 65.0 Å². The number of hydrogen-bond donors (Lipinski definition) is 2. The van der Waals surface area contributed by atoms with Crippen LogP contribution in [0.3, 0.4) is 0 Å². The number of amides is 1. The van der Waals surface area contributed by atoms with Crippen LogP contribution in [0.15, 0.2) is 47.5 Å². The summed E-state index contributed by atoms with van der Waals surface area (Å²) in [6.07, 6.45) is 0. The van der Waals surface area contributed by atoms with Gasteiger partial charge in [0.2, 0.25) is 0 Å². The molecular weight excluding hydrogens is 498 g/mol. The van der Waals surface area contributed by atoms with Crippen molar-refractivity contribution in [2.24, 2.45) is 4.99 Å². The van der Waals surface area contributed by atoms with Crippen LogP contribution in [0.1, 0.15) is 23.6 Å². The predicted molar refractivity (Wildman–Crippen MR) is 129 cm³/mol. The summed E-state index contributed by atoms with van der Waals surface area (Å²) < 4.78 is 19.0. The van der Waals surface area contributed by atoms with Crippen LogP contribution in [0.5, 0.6) is 5.75 Å². The van der Waals surface area contributed by atoms with Gasteiger partial charge in [0.15, 0.2) is 12.6 Å². The van der Waals surface area contributed by atoms with E-state index in [0.29, 0.717) is 30.4 Å². The molecule has 0 unspecified atom stereocenters. The molecule has 0 aliphatic carbocycles. The Kier molecular flexibility index (Phi) is 11.2. The number of aliphatic imine (C=N–C) groups is 1. The van der Waals surface area contributed by atoms with Crippen molar-refractivity contribution in [1.82, 2.24) is 15.5 Å². The standard InChI is InChI=1S/C22H29FN4O2.HI/c1-5-24-22(26-14-18-9-10-20(23)16(2)11-18)25-13-17-7-6-8-19(12-17)29-15-21(28)27(3)4;/h6-12H,5,13-15H2,1-4H3,(H2,24,25,26);1H. The Hall–Kier alpha value is -2.36. The number of likely N-dealkylation sites (N-methyl/N-ethyl adjacent to an activating group) is 1. The summed E-state index contributed by atoms with van der Waals surface area (Å²) in [7, 11) is 3.39. The van der Waals surface area contributed by atoms with Gasteiger partial charge in [-0.2, -0.15) is 0 Å². The highest BCUT2D eigenvalue weighted by molar-refractivity contribution is 14.0. The molecule has 30 heavy (non-hydrogen) atoms. The van der Waals surface area contributed by atoms with Gasteiger partial charge >= 0.3 is 0 Å². The van der Waals surface area contributed by atoms with Gasteiger partial charge in [0.25, 0.3) is 5.91 Å². The zero-order chi connectivity index (χ0) is 21.2. The van der Waals surface area contributed by atoms with Crippen molar-refractivity contribution in [1.29, 1.82) is 0 Å². The lowest BCUT2D eigenvalue weighted by molar-refractivity contribution is -0.130. The summed E-state index contributed by atoms with van der Waals surface area (Å²) in [5.74, 6) is 1.00. The van der Waals surface area contributed by atoms with Gasteiger partial charge in [0, 0.05) is 27.2 Å². The third-order valence-electron chi connectivity index (χ3n) is 4.21. The van der Waals surface area contributed by atoms with Gasteiger partial charge in [-0.1, -0.05) is 24.3 Å². The minimum atomic E-state index is -0.205. The summed E-state index contributed by atoms with van der Waals surface area (Å²) in [6, 6.07) is 12.6. The van der Waals surface area contributed by atoms with E-state index in [2.05, 4.69) is 15.6 Å². The number of benzene rings is 2. The van der Waals surface area contributed by atoms with E-state index < -0.39 is 0 Å². The molecule has 8 heteroatoms. The molecule has 6 nitrogen and oxygen atoms in total. The Bertz CT molecular complexity index is 859. The maximum atomic E-state index is 13.4. The largest absolute Gasteiger partial charge is 0.484 e. The number of rotatable bonds is 8. The Balaban J connectivity index is 0.00000450. The summed E-state index contributed by atoms with van der Waals surface area (Å²) in [5, 5.41) is 6.46. The first-order chi connectivity index (χ1) is 13.9. The number of aryl methyl sites for hydroxylation is 1. The number of nitrogens with one attached hydrogen (secondary N) is 2. The molecule has 2 N–H and O–H groups in total. The van der Waals surface area contributed by atoms with E-state index in [4.69, 9.17) is 4.74 Å². The monoisotopic (exact) mass is 528 g/mol. The molecule has 0 aliphatic heterocycles. The van der Waals surface area contributed by atoms with Crippen LogP contribution in [0.25, 0.3) is 0 Å². The molecule has 0 radical (unpaired) electrons. The fourth-order valence-corrected chi connectivity index (χ4v) is 2.52. The molecule has 0 aromatic heterocycles. The van der Waals surface area contributed by atoms with E-state index in [9.17, 15) is 9.18 Å². The van der Waals surface area contributed by atoms with E-state index >= 15 is 0 Å². The predicted octanol–water partition coefficient (Wildman–Crippen LogP) is 3.47. The van der Waals surface area contributed by atoms with Gasteiger partial charge in [-0.25, -0.2) is 9.38 Å². The summed E-state index contributed by atoms with van der Waals surface area (Å²) >= 11 is 0. The first-order valence-corrected chi connectivity index (χ1v) is 9.58. The molecule has 0 aliphatic rings. The van der Waals surface area contributed by atoms with Crippen molar-refractivity contribution in [3.63, 3.8) is 0 Å². The van der Waals surface area contributed by atoms with Crippen molar-refractivity contribution < 1.29 is 13.9 Å². The molecule has 2 rings (SSSR count). The molecule has 0 fully saturated rings. The molecular formula is C22H30FIN4O2. The molecule has 0 bridgehead atoms. The quantitative estimate of drug-likeness (QED) is 0.313. The molecule has 2 aromatic rings. The highest BCUT2D eigenvalue weighted by atomic mass is 127. The molecule has 0 saturated heterocycles. The smallest absolute Gasteiger partial charge is 0.259 e. The lowest BCUT2D eigenvalue weighted by Crippen LogP contribution is -2.36. The number of ether oxygens (including phenoxy) is 1. The first kappa shape index (κ1) is 25.7. The normalized spacial score (nSPS) is 10.8. The Morgan fingerprint density at radius 2 is 1.90 bits per heavy atom. The maximum Gasteiger partial charge on any atom is 0.259 e. The molecule has 0 spiro atoms. The second-order valence-corrected chi connectivity index (χ2v) is 6.86. The van der Waals surface area contributed by atoms with Crippen molar-refractivity contribution >= 4 is 35.8 Å². The minimum absolute atomic E-state index is 0. The third kappa shape index (κ3) is 8.56. The molecule has 1 amide bonds. The van der Waals surface area contributed by atoms with E-state index in [1.165, 1.54) is 11.0 Å². The fourth-order valence-electron chi connectivity index (χ4n) is 2.52. The van der Waals surface area contributed by atoms with Crippen LogP contribution in [0, 0.1) is 12.7 Å². The summed E-state index contributed by atoms with van der Waals surface area (Å²) in [5.41, 5.74) is 2.57. The average Bonchev–Trinajstić information content (AvgIpc) is 2.71. The van der Waals surface area contributed by atoms with Gasteiger partial charge in [0.1, 0.15) is 11.6 Å². The number of hydrogen-bond acceptors (Lipinski definition) is 3. The molecule has 164 valence electrons. The van der Waals surface area contributed by atoms with Crippen molar-refractivity contribution in [2.45, 2.75) is 26.9 Å². The number of carbonyl (C=O) groups excluding carboxylic acids is 1. The Labute approximate surface area is 194 Å². The van der Waals surface area contributed by atoms with Gasteiger partial charge in [0.05, 0.1) is 6.54 Å². The van der Waals surface area contributed by atoms with Crippen LogP contribution in [0.4, 0.5) is 4.39 Å². The highest BCUT2D eigenvalue weighted by Crippen LogP contribution is 2.14. The van der Waals surface area contributed by atoms with E-state index in [0.717, 1.165) is 17.7 Å². The Morgan fingerprint density at radius 3 is 2.57 bits per heavy atom. The topological polar surface area (TPSA) is 66.0 Å². The third-order valence-corrected chi connectivity index (χ3v) is 4.21. The van der Waals surface area contributed by atoms with E-state index in [1.54, 1.807) is 27.1 Å². The molecule has 0 saturated carbocycles. The summed E-state index contributed by atoms with van der Waals surface area (Å²) in [6.45, 7) is 5.47. The number of carbonyl (C=O) groups is 1. The van der Waals surface area contributed by atoms with Crippen LogP contribution in [0.2, 0.25) is 0 Å². The lowest BCUT2D eigenvalue weighted by atomic mass is 10.1. The molecule has 0 heterocycles. The van der Waals surface area contributed by atoms with Gasteiger partial charge < -0.3 is 20.3 Å². The number of halogens is 2. The second kappa shape index (κ2) is 13.0. The van der Waals surface area contributed by atoms with Crippen molar-refractivity contribution in [2.75, 3.05) is 27.2 Å².